The Bertz CT molecular complexity index is 1230. The third-order valence-corrected chi connectivity index (χ3v) is 5.74. The Labute approximate surface area is 187 Å². The molecular formula is C24H28N6O2. The van der Waals surface area contributed by atoms with Crippen molar-refractivity contribution < 1.29 is 9.47 Å². The normalized spacial score (nSPS) is 14.1. The van der Waals surface area contributed by atoms with Gasteiger partial charge in [-0.05, 0) is 42.2 Å². The lowest BCUT2D eigenvalue weighted by molar-refractivity contribution is 0.171. The minimum atomic E-state index is 0.0490. The summed E-state index contributed by atoms with van der Waals surface area (Å²) in [7, 11) is 0. The van der Waals surface area contributed by atoms with Gasteiger partial charge in [0.1, 0.15) is 31.0 Å². The molecule has 8 heteroatoms. The number of nitrogens with one attached hydrogen (secondary N) is 2. The second kappa shape index (κ2) is 8.53. The van der Waals surface area contributed by atoms with Gasteiger partial charge in [0.2, 0.25) is 0 Å². The molecule has 8 nitrogen and oxygen atoms in total. The van der Waals surface area contributed by atoms with E-state index in [-0.39, 0.29) is 6.04 Å². The van der Waals surface area contributed by atoms with Crippen molar-refractivity contribution in [1.29, 1.82) is 0 Å². The zero-order valence-electron chi connectivity index (χ0n) is 18.6. The first-order valence-electron chi connectivity index (χ1n) is 11.2. The quantitative estimate of drug-likeness (QED) is 0.435. The fourth-order valence-electron chi connectivity index (χ4n) is 4.18. The smallest absolute Gasteiger partial charge is 0.161 e. The average Bonchev–Trinajstić information content (AvgIpc) is 3.44. The highest BCUT2D eigenvalue weighted by Gasteiger charge is 2.22. The molecule has 1 aliphatic heterocycles. The van der Waals surface area contributed by atoms with Crippen LogP contribution in [0.25, 0.3) is 22.4 Å². The maximum absolute atomic E-state index is 5.80. The maximum atomic E-state index is 5.80. The number of anilines is 1. The van der Waals surface area contributed by atoms with E-state index < -0.39 is 0 Å². The number of aromatic amines is 1. The van der Waals surface area contributed by atoms with Crippen LogP contribution in [0.1, 0.15) is 38.8 Å². The monoisotopic (exact) mass is 432 g/mol. The SMILES string of the molecule is CCCn1nccc1-c1cc2c(N[C@@H](c3ccc4c(c3)OCCO4)C(C)C)ncnc2[nH]1. The van der Waals surface area contributed by atoms with Gasteiger partial charge in [0.25, 0.3) is 0 Å². The van der Waals surface area contributed by atoms with E-state index in [0.29, 0.717) is 19.1 Å². The van der Waals surface area contributed by atoms with Crippen molar-refractivity contribution in [2.45, 2.75) is 39.8 Å². The first-order valence-corrected chi connectivity index (χ1v) is 11.2. The van der Waals surface area contributed by atoms with Crippen LogP contribution < -0.4 is 14.8 Å². The molecule has 0 bridgehead atoms. The van der Waals surface area contributed by atoms with Gasteiger partial charge in [-0.3, -0.25) is 4.68 Å². The number of aryl methyl sites for hydroxylation is 1. The first-order chi connectivity index (χ1) is 15.6. The number of rotatable bonds is 7. The number of fused-ring (bicyclic) bond motifs is 2. The summed E-state index contributed by atoms with van der Waals surface area (Å²) in [6.45, 7) is 8.56. The van der Waals surface area contributed by atoms with Gasteiger partial charge in [-0.1, -0.05) is 26.8 Å². The molecule has 0 spiro atoms. The number of benzene rings is 1. The van der Waals surface area contributed by atoms with Crippen molar-refractivity contribution in [2.24, 2.45) is 5.92 Å². The fraction of sp³-hybridized carbons (Fsp3) is 0.375. The Kier molecular flexibility index (Phi) is 5.43. The Hall–Kier alpha value is -3.55. The summed E-state index contributed by atoms with van der Waals surface area (Å²) in [5.41, 5.74) is 3.96. The van der Waals surface area contributed by atoms with E-state index in [1.54, 1.807) is 6.33 Å². The molecule has 1 aromatic carbocycles. The first kappa shape index (κ1) is 20.4. The summed E-state index contributed by atoms with van der Waals surface area (Å²) in [5.74, 6) is 2.72. The van der Waals surface area contributed by atoms with Crippen molar-refractivity contribution >= 4 is 16.9 Å². The highest BCUT2D eigenvalue weighted by atomic mass is 16.6. The molecule has 3 aromatic heterocycles. The predicted octanol–water partition coefficient (Wildman–Crippen LogP) is 4.81. The summed E-state index contributed by atoms with van der Waals surface area (Å²) < 4.78 is 13.5. The van der Waals surface area contributed by atoms with Crippen molar-refractivity contribution in [3.8, 4) is 22.9 Å². The molecule has 0 unspecified atom stereocenters. The standard InChI is InChI=1S/C24H28N6O2/c1-4-9-30-19(7-8-27-30)18-13-17-23(28-18)25-14-26-24(17)29-22(15(2)3)16-5-6-20-21(12-16)32-11-10-31-20/h5-8,12-15,22H,4,9-11H2,1-3H3,(H2,25,26,28,29)/t22-/m1/s1. The van der Waals surface area contributed by atoms with Gasteiger partial charge >= 0.3 is 0 Å². The highest BCUT2D eigenvalue weighted by molar-refractivity contribution is 5.91. The molecule has 0 aliphatic carbocycles. The summed E-state index contributed by atoms with van der Waals surface area (Å²) in [5, 5.41) is 9.05. The van der Waals surface area contributed by atoms with Crippen LogP contribution in [0.4, 0.5) is 5.82 Å². The van der Waals surface area contributed by atoms with Crippen molar-refractivity contribution in [3.05, 3.63) is 48.4 Å². The highest BCUT2D eigenvalue weighted by Crippen LogP contribution is 2.36. The number of hydrogen-bond donors (Lipinski definition) is 2. The molecule has 32 heavy (non-hydrogen) atoms. The molecule has 5 rings (SSSR count). The van der Waals surface area contributed by atoms with Gasteiger partial charge in [0.05, 0.1) is 22.8 Å². The van der Waals surface area contributed by atoms with Gasteiger partial charge < -0.3 is 19.8 Å². The topological polar surface area (TPSA) is 89.9 Å². The minimum absolute atomic E-state index is 0.0490. The van der Waals surface area contributed by atoms with Gasteiger partial charge in [-0.15, -0.1) is 0 Å². The molecule has 4 aromatic rings. The van der Waals surface area contributed by atoms with E-state index in [2.05, 4.69) is 64.3 Å². The molecule has 1 atom stereocenters. The third-order valence-electron chi connectivity index (χ3n) is 5.74. The average molecular weight is 433 g/mol. The van der Waals surface area contributed by atoms with Crippen LogP contribution in [-0.2, 0) is 6.54 Å². The maximum Gasteiger partial charge on any atom is 0.161 e. The summed E-state index contributed by atoms with van der Waals surface area (Å²) in [6, 6.07) is 10.3. The van der Waals surface area contributed by atoms with Crippen LogP contribution in [0.2, 0.25) is 0 Å². The molecule has 4 heterocycles. The van der Waals surface area contributed by atoms with Crippen molar-refractivity contribution in [3.63, 3.8) is 0 Å². The molecule has 0 saturated heterocycles. The Morgan fingerprint density at radius 3 is 2.75 bits per heavy atom. The van der Waals surface area contributed by atoms with Crippen molar-refractivity contribution in [1.82, 2.24) is 24.7 Å². The van der Waals surface area contributed by atoms with Crippen LogP contribution in [-0.4, -0.2) is 37.9 Å². The van der Waals surface area contributed by atoms with E-state index in [1.165, 1.54) is 0 Å². The fourth-order valence-corrected chi connectivity index (χ4v) is 4.18. The molecule has 0 amide bonds. The van der Waals surface area contributed by atoms with Gasteiger partial charge in [0.15, 0.2) is 11.5 Å². The molecular weight excluding hydrogens is 404 g/mol. The predicted molar refractivity (Wildman–Crippen MR) is 124 cm³/mol. The zero-order valence-corrected chi connectivity index (χ0v) is 18.6. The van der Waals surface area contributed by atoms with E-state index in [1.807, 2.05) is 23.0 Å². The van der Waals surface area contributed by atoms with Crippen LogP contribution in [0.3, 0.4) is 0 Å². The Balaban J connectivity index is 1.49. The zero-order chi connectivity index (χ0) is 22.1. The number of ether oxygens (including phenoxy) is 2. The molecule has 2 N–H and O–H groups in total. The van der Waals surface area contributed by atoms with Gasteiger partial charge in [-0.25, -0.2) is 9.97 Å². The van der Waals surface area contributed by atoms with Crippen LogP contribution >= 0.6 is 0 Å². The van der Waals surface area contributed by atoms with Crippen LogP contribution in [0.5, 0.6) is 11.5 Å². The number of hydrogen-bond acceptors (Lipinski definition) is 6. The summed E-state index contributed by atoms with van der Waals surface area (Å²) in [6.07, 6.45) is 4.45. The van der Waals surface area contributed by atoms with Crippen LogP contribution in [0, 0.1) is 5.92 Å². The van der Waals surface area contributed by atoms with Crippen LogP contribution in [0.15, 0.2) is 42.9 Å². The number of nitrogens with zero attached hydrogens (tertiary/aromatic N) is 4. The lowest BCUT2D eigenvalue weighted by Gasteiger charge is -2.26. The van der Waals surface area contributed by atoms with E-state index in [9.17, 15) is 0 Å². The molecule has 0 fully saturated rings. The lowest BCUT2D eigenvalue weighted by Crippen LogP contribution is -2.19. The van der Waals surface area contributed by atoms with E-state index in [4.69, 9.17) is 9.47 Å². The minimum Gasteiger partial charge on any atom is -0.486 e. The van der Waals surface area contributed by atoms with Crippen molar-refractivity contribution in [2.75, 3.05) is 18.5 Å². The molecule has 1 aliphatic rings. The summed E-state index contributed by atoms with van der Waals surface area (Å²) in [4.78, 5) is 12.5. The summed E-state index contributed by atoms with van der Waals surface area (Å²) >= 11 is 0. The molecule has 0 saturated carbocycles. The van der Waals surface area contributed by atoms with Gasteiger partial charge in [0, 0.05) is 12.7 Å². The Morgan fingerprint density at radius 1 is 1.09 bits per heavy atom. The molecule has 166 valence electrons. The number of aromatic nitrogens is 5. The van der Waals surface area contributed by atoms with Gasteiger partial charge in [-0.2, -0.15) is 5.10 Å². The lowest BCUT2D eigenvalue weighted by atomic mass is 9.95. The Morgan fingerprint density at radius 2 is 1.94 bits per heavy atom. The second-order valence-corrected chi connectivity index (χ2v) is 8.38. The molecule has 0 radical (unpaired) electrons. The van der Waals surface area contributed by atoms with E-state index >= 15 is 0 Å². The second-order valence-electron chi connectivity index (χ2n) is 8.38. The van der Waals surface area contributed by atoms with E-state index in [0.717, 1.165) is 58.3 Å². The number of H-pyrrole nitrogens is 1. The third kappa shape index (κ3) is 3.77. The largest absolute Gasteiger partial charge is 0.486 e.